The third-order valence-electron chi connectivity index (χ3n) is 3.13. The van der Waals surface area contributed by atoms with E-state index < -0.39 is 0 Å². The van der Waals surface area contributed by atoms with Gasteiger partial charge in [0.1, 0.15) is 11.6 Å². The maximum absolute atomic E-state index is 11.9. The van der Waals surface area contributed by atoms with Gasteiger partial charge < -0.3 is 10.2 Å². The maximum atomic E-state index is 11.9. The highest BCUT2D eigenvalue weighted by molar-refractivity contribution is 5.80. The van der Waals surface area contributed by atoms with Gasteiger partial charge in [0.25, 0.3) is 0 Å². The Morgan fingerprint density at radius 1 is 1.39 bits per heavy atom. The van der Waals surface area contributed by atoms with Gasteiger partial charge in [-0.05, 0) is 26.2 Å². The number of rotatable bonds is 4. The Kier molecular flexibility index (Phi) is 4.12. The van der Waals surface area contributed by atoms with Crippen molar-refractivity contribution < 1.29 is 4.79 Å². The number of anilines is 1. The van der Waals surface area contributed by atoms with Gasteiger partial charge in [0, 0.05) is 24.8 Å². The molecule has 2 heterocycles. The summed E-state index contributed by atoms with van der Waals surface area (Å²) in [6, 6.07) is 1.91. The van der Waals surface area contributed by atoms with E-state index in [1.807, 2.05) is 17.9 Å². The van der Waals surface area contributed by atoms with Crippen molar-refractivity contribution >= 4 is 11.7 Å². The van der Waals surface area contributed by atoms with Crippen molar-refractivity contribution in [3.8, 4) is 0 Å². The Morgan fingerprint density at radius 2 is 2.11 bits per heavy atom. The van der Waals surface area contributed by atoms with Crippen molar-refractivity contribution in [1.29, 1.82) is 0 Å². The molecule has 1 amide bonds. The smallest absolute Gasteiger partial charge is 0.241 e. The molecular formula is C13H20N4O. The first-order valence-electron chi connectivity index (χ1n) is 6.55. The topological polar surface area (TPSA) is 58.1 Å². The van der Waals surface area contributed by atoms with Gasteiger partial charge in [0.15, 0.2) is 0 Å². The zero-order chi connectivity index (χ0) is 13.0. The highest BCUT2D eigenvalue weighted by atomic mass is 16.2. The molecule has 1 fully saturated rings. The van der Waals surface area contributed by atoms with E-state index >= 15 is 0 Å². The summed E-state index contributed by atoms with van der Waals surface area (Å²) < 4.78 is 0. The summed E-state index contributed by atoms with van der Waals surface area (Å²) in [4.78, 5) is 22.4. The van der Waals surface area contributed by atoms with Crippen LogP contribution in [0.3, 0.4) is 0 Å². The zero-order valence-corrected chi connectivity index (χ0v) is 11.1. The van der Waals surface area contributed by atoms with Crippen LogP contribution in [0.15, 0.2) is 6.07 Å². The molecule has 5 nitrogen and oxygen atoms in total. The Labute approximate surface area is 108 Å². The van der Waals surface area contributed by atoms with Crippen LogP contribution < -0.4 is 5.32 Å². The molecule has 1 saturated heterocycles. The molecule has 1 aromatic rings. The molecule has 98 valence electrons. The van der Waals surface area contributed by atoms with E-state index in [1.54, 1.807) is 0 Å². The molecule has 2 rings (SSSR count). The van der Waals surface area contributed by atoms with Crippen LogP contribution in [-0.4, -0.2) is 40.4 Å². The van der Waals surface area contributed by atoms with Crippen LogP contribution in [0.25, 0.3) is 0 Å². The second-order valence-corrected chi connectivity index (χ2v) is 4.59. The number of likely N-dealkylation sites (tertiary alicyclic amines) is 1. The molecule has 0 atom stereocenters. The highest BCUT2D eigenvalue weighted by Crippen LogP contribution is 2.09. The molecule has 1 aliphatic heterocycles. The molecule has 0 spiro atoms. The average Bonchev–Trinajstić information content (AvgIpc) is 2.89. The summed E-state index contributed by atoms with van der Waals surface area (Å²) in [5.41, 5.74) is 0.999. The van der Waals surface area contributed by atoms with Crippen molar-refractivity contribution in [3.63, 3.8) is 0 Å². The number of nitrogens with zero attached hydrogens (tertiary/aromatic N) is 3. The van der Waals surface area contributed by atoms with Crippen molar-refractivity contribution in [1.82, 2.24) is 14.9 Å². The predicted octanol–water partition coefficient (Wildman–Crippen LogP) is 1.38. The van der Waals surface area contributed by atoms with E-state index in [0.29, 0.717) is 6.54 Å². The van der Waals surface area contributed by atoms with Gasteiger partial charge in [-0.25, -0.2) is 9.97 Å². The minimum Gasteiger partial charge on any atom is -0.361 e. The summed E-state index contributed by atoms with van der Waals surface area (Å²) >= 11 is 0. The molecule has 0 bridgehead atoms. The van der Waals surface area contributed by atoms with E-state index in [4.69, 9.17) is 0 Å². The molecule has 5 heteroatoms. The van der Waals surface area contributed by atoms with Gasteiger partial charge in [-0.2, -0.15) is 0 Å². The molecule has 0 radical (unpaired) electrons. The van der Waals surface area contributed by atoms with Crippen molar-refractivity contribution in [3.05, 3.63) is 17.6 Å². The van der Waals surface area contributed by atoms with Crippen LogP contribution in [0.5, 0.6) is 0 Å². The third-order valence-corrected chi connectivity index (χ3v) is 3.13. The summed E-state index contributed by atoms with van der Waals surface area (Å²) in [7, 11) is 0. The Hall–Kier alpha value is -1.65. The lowest BCUT2D eigenvalue weighted by Gasteiger charge is -2.15. The second-order valence-electron chi connectivity index (χ2n) is 4.59. The lowest BCUT2D eigenvalue weighted by Crippen LogP contribution is -2.33. The lowest BCUT2D eigenvalue weighted by molar-refractivity contribution is -0.128. The van der Waals surface area contributed by atoms with Crippen LogP contribution in [0.1, 0.15) is 31.3 Å². The first kappa shape index (κ1) is 12.8. The Morgan fingerprint density at radius 3 is 2.78 bits per heavy atom. The van der Waals surface area contributed by atoms with Gasteiger partial charge in [-0.15, -0.1) is 0 Å². The van der Waals surface area contributed by atoms with Crippen LogP contribution in [0, 0.1) is 6.92 Å². The third kappa shape index (κ3) is 3.18. The number of hydrogen-bond acceptors (Lipinski definition) is 4. The molecular weight excluding hydrogens is 228 g/mol. The molecule has 1 N–H and O–H groups in total. The van der Waals surface area contributed by atoms with Crippen molar-refractivity contribution in [2.24, 2.45) is 0 Å². The number of carbonyl (C=O) groups is 1. The largest absolute Gasteiger partial charge is 0.361 e. The highest BCUT2D eigenvalue weighted by Gasteiger charge is 2.17. The summed E-state index contributed by atoms with van der Waals surface area (Å²) in [6.07, 6.45) is 3.12. The molecule has 1 aliphatic rings. The van der Waals surface area contributed by atoms with Gasteiger partial charge in [0.05, 0.1) is 6.54 Å². The zero-order valence-electron chi connectivity index (χ0n) is 11.1. The monoisotopic (exact) mass is 248 g/mol. The molecule has 1 aromatic heterocycles. The van der Waals surface area contributed by atoms with Crippen molar-refractivity contribution in [2.75, 3.05) is 25.0 Å². The summed E-state index contributed by atoms with van der Waals surface area (Å²) in [5.74, 6) is 1.64. The average molecular weight is 248 g/mol. The number of nitrogens with one attached hydrogen (secondary N) is 1. The lowest BCUT2D eigenvalue weighted by atomic mass is 10.3. The molecule has 0 unspecified atom stereocenters. The van der Waals surface area contributed by atoms with Gasteiger partial charge in [-0.3, -0.25) is 4.79 Å². The van der Waals surface area contributed by atoms with E-state index in [1.165, 1.54) is 0 Å². The van der Waals surface area contributed by atoms with Crippen LogP contribution in [0.4, 0.5) is 5.82 Å². The van der Waals surface area contributed by atoms with Crippen LogP contribution >= 0.6 is 0 Å². The van der Waals surface area contributed by atoms with Crippen LogP contribution in [0.2, 0.25) is 0 Å². The number of carbonyl (C=O) groups excluding carboxylic acids is 1. The van der Waals surface area contributed by atoms with E-state index in [-0.39, 0.29) is 5.91 Å². The fraction of sp³-hybridized carbons (Fsp3) is 0.615. The normalized spacial score (nSPS) is 14.9. The fourth-order valence-corrected chi connectivity index (χ4v) is 2.15. The molecule has 18 heavy (non-hydrogen) atoms. The first-order valence-corrected chi connectivity index (χ1v) is 6.55. The summed E-state index contributed by atoms with van der Waals surface area (Å²) in [5, 5.41) is 3.09. The maximum Gasteiger partial charge on any atom is 0.241 e. The predicted molar refractivity (Wildman–Crippen MR) is 70.5 cm³/mol. The fourth-order valence-electron chi connectivity index (χ4n) is 2.15. The quantitative estimate of drug-likeness (QED) is 0.874. The number of aromatic nitrogens is 2. The van der Waals surface area contributed by atoms with E-state index in [2.05, 4.69) is 22.2 Å². The number of amides is 1. The Balaban J connectivity index is 1.92. The van der Waals surface area contributed by atoms with E-state index in [0.717, 1.165) is 49.7 Å². The standard InChI is InChI=1S/C13H20N4O/c1-3-11-8-12(16-10(2)15-11)14-9-13(18)17-6-4-5-7-17/h8H,3-7,9H2,1-2H3,(H,14,15,16). The van der Waals surface area contributed by atoms with Crippen LogP contribution in [-0.2, 0) is 11.2 Å². The SMILES string of the molecule is CCc1cc(NCC(=O)N2CCCC2)nc(C)n1. The number of aryl methyl sites for hydroxylation is 2. The van der Waals surface area contributed by atoms with Crippen molar-refractivity contribution in [2.45, 2.75) is 33.1 Å². The van der Waals surface area contributed by atoms with E-state index in [9.17, 15) is 4.79 Å². The van der Waals surface area contributed by atoms with Gasteiger partial charge in [-0.1, -0.05) is 6.92 Å². The van der Waals surface area contributed by atoms with Gasteiger partial charge >= 0.3 is 0 Å². The minimum absolute atomic E-state index is 0.154. The molecule has 0 saturated carbocycles. The molecule has 0 aromatic carbocycles. The first-order chi connectivity index (χ1) is 8.69. The van der Waals surface area contributed by atoms with Gasteiger partial charge in [0.2, 0.25) is 5.91 Å². The second kappa shape index (κ2) is 5.80. The molecule has 0 aliphatic carbocycles. The number of hydrogen-bond donors (Lipinski definition) is 1. The summed E-state index contributed by atoms with van der Waals surface area (Å²) in [6.45, 7) is 6.03. The minimum atomic E-state index is 0.154. The Bertz CT molecular complexity index is 427.